The molecule has 0 heterocycles. The Morgan fingerprint density at radius 3 is 1.12 bits per heavy atom. The summed E-state index contributed by atoms with van der Waals surface area (Å²) < 4.78 is 36.8. The van der Waals surface area contributed by atoms with E-state index in [0.717, 1.165) is 83.7 Å². The maximum atomic E-state index is 15.5. The van der Waals surface area contributed by atoms with Crippen LogP contribution >= 0.6 is 0 Å². The van der Waals surface area contributed by atoms with Gasteiger partial charge in [0.05, 0.1) is 6.42 Å². The smallest absolute Gasteiger partial charge is 0.397 e. The van der Waals surface area contributed by atoms with Gasteiger partial charge in [-0.25, -0.2) is 0 Å². The minimum Gasteiger partial charge on any atom is -0.432 e. The number of benzene rings is 1. The highest BCUT2D eigenvalue weighted by Gasteiger charge is 2.36. The number of alkyl halides is 2. The minimum absolute atomic E-state index is 0.159. The number of hydrogen-bond donors (Lipinski definition) is 0. The first-order chi connectivity index (χ1) is 24.9. The molecule has 296 valence electrons. The summed E-state index contributed by atoms with van der Waals surface area (Å²) in [7, 11) is 0. The van der Waals surface area contributed by atoms with Gasteiger partial charge >= 0.3 is 6.11 Å². The Hall–Kier alpha value is -1.12. The van der Waals surface area contributed by atoms with Crippen molar-refractivity contribution in [2.24, 2.45) is 59.2 Å². The van der Waals surface area contributed by atoms with Gasteiger partial charge in [-0.05, 0) is 160 Å². The van der Waals surface area contributed by atoms with Crippen LogP contribution < -0.4 is 4.74 Å². The maximum Gasteiger partial charge on any atom is 0.397 e. The summed E-state index contributed by atoms with van der Waals surface area (Å²) in [6.07, 6.45) is 30.4. The second kappa shape index (κ2) is 18.7. The lowest BCUT2D eigenvalue weighted by Gasteiger charge is -2.36. The molecule has 5 saturated carbocycles. The summed E-state index contributed by atoms with van der Waals surface area (Å²) >= 11 is 0. The first-order valence-corrected chi connectivity index (χ1v) is 23.1. The van der Waals surface area contributed by atoms with Crippen molar-refractivity contribution >= 4 is 0 Å². The van der Waals surface area contributed by atoms with Gasteiger partial charge in [-0.3, -0.25) is 0 Å². The molecule has 0 amide bonds. The maximum absolute atomic E-state index is 15.5. The van der Waals surface area contributed by atoms with Gasteiger partial charge in [-0.2, -0.15) is 8.78 Å². The molecule has 5 aliphatic rings. The lowest BCUT2D eigenvalue weighted by molar-refractivity contribution is -0.184. The molecule has 0 aromatic heterocycles. The summed E-state index contributed by atoms with van der Waals surface area (Å²) in [5.41, 5.74) is 5.61. The number of ether oxygens (including phenoxy) is 1. The molecule has 52 heavy (non-hydrogen) atoms. The van der Waals surface area contributed by atoms with Gasteiger partial charge in [-0.15, -0.1) is 0 Å². The van der Waals surface area contributed by atoms with Crippen molar-refractivity contribution in [2.75, 3.05) is 0 Å². The van der Waals surface area contributed by atoms with E-state index in [1.807, 2.05) is 13.8 Å². The van der Waals surface area contributed by atoms with Gasteiger partial charge in [0.2, 0.25) is 0 Å². The van der Waals surface area contributed by atoms with Gasteiger partial charge in [-0.1, -0.05) is 129 Å². The third-order valence-corrected chi connectivity index (χ3v) is 16.5. The molecule has 0 aliphatic heterocycles. The molecule has 5 aliphatic carbocycles. The van der Waals surface area contributed by atoms with Gasteiger partial charge < -0.3 is 4.74 Å². The second-order valence-corrected chi connectivity index (χ2v) is 20.4. The van der Waals surface area contributed by atoms with E-state index in [1.54, 1.807) is 0 Å². The van der Waals surface area contributed by atoms with E-state index in [-0.39, 0.29) is 6.42 Å². The SMILES string of the molecule is Cc1c(C)c(OC(F)(F)CCC2CCC(CC3CCC(CC4CCC(C)CC4)CC3)CC2)c(C)c(C)c1CC1CCC(CC2CCC(C)CC2)CC1. The topological polar surface area (TPSA) is 9.23 Å². The van der Waals surface area contributed by atoms with E-state index < -0.39 is 6.11 Å². The second-order valence-electron chi connectivity index (χ2n) is 20.4. The Morgan fingerprint density at radius 1 is 0.442 bits per heavy atom. The van der Waals surface area contributed by atoms with Crippen LogP contribution in [0, 0.1) is 86.9 Å². The fourth-order valence-electron chi connectivity index (χ4n) is 12.4. The highest BCUT2D eigenvalue weighted by molar-refractivity contribution is 5.54. The van der Waals surface area contributed by atoms with Gasteiger partial charge in [0.1, 0.15) is 5.75 Å². The van der Waals surface area contributed by atoms with Crippen LogP contribution in [0.4, 0.5) is 8.78 Å². The molecule has 5 fully saturated rings. The van der Waals surface area contributed by atoms with Crippen LogP contribution in [0.25, 0.3) is 0 Å². The summed E-state index contributed by atoms with van der Waals surface area (Å²) in [4.78, 5) is 0. The zero-order chi connectivity index (χ0) is 36.8. The van der Waals surface area contributed by atoms with E-state index in [9.17, 15) is 0 Å². The van der Waals surface area contributed by atoms with Crippen LogP contribution in [0.2, 0.25) is 0 Å². The van der Waals surface area contributed by atoms with Gasteiger partial charge in [0, 0.05) is 0 Å². The van der Waals surface area contributed by atoms with Gasteiger partial charge in [0.25, 0.3) is 0 Å². The average Bonchev–Trinajstić information content (AvgIpc) is 3.14. The summed E-state index contributed by atoms with van der Waals surface area (Å²) in [5.74, 6) is 9.12. The Bertz CT molecular complexity index is 1200. The van der Waals surface area contributed by atoms with Crippen molar-refractivity contribution in [1.29, 1.82) is 0 Å². The molecule has 3 heteroatoms. The number of rotatable bonds is 13. The predicted molar refractivity (Wildman–Crippen MR) is 216 cm³/mol. The molecule has 0 atom stereocenters. The molecule has 0 radical (unpaired) electrons. The molecule has 1 aromatic rings. The molecular formula is C49H80F2O. The Balaban J connectivity index is 0.904. The van der Waals surface area contributed by atoms with Crippen molar-refractivity contribution in [2.45, 2.75) is 215 Å². The zero-order valence-electron chi connectivity index (χ0n) is 34.8. The fourth-order valence-corrected chi connectivity index (χ4v) is 12.4. The van der Waals surface area contributed by atoms with Crippen LogP contribution in [-0.4, -0.2) is 6.11 Å². The summed E-state index contributed by atoms with van der Waals surface area (Å²) in [6, 6.07) is 0. The van der Waals surface area contributed by atoms with Crippen molar-refractivity contribution in [3.05, 3.63) is 27.8 Å². The average molecular weight is 723 g/mol. The lowest BCUT2D eigenvalue weighted by atomic mass is 9.70. The molecular weight excluding hydrogens is 643 g/mol. The van der Waals surface area contributed by atoms with Crippen molar-refractivity contribution in [1.82, 2.24) is 0 Å². The van der Waals surface area contributed by atoms with E-state index in [1.165, 1.54) is 152 Å². The quantitative estimate of drug-likeness (QED) is 0.197. The summed E-state index contributed by atoms with van der Waals surface area (Å²) in [5, 5.41) is 0. The molecule has 6 rings (SSSR count). The highest BCUT2D eigenvalue weighted by atomic mass is 19.3. The molecule has 0 N–H and O–H groups in total. The molecule has 0 bridgehead atoms. The largest absolute Gasteiger partial charge is 0.432 e. The fraction of sp³-hybridized carbons (Fsp3) is 0.878. The van der Waals surface area contributed by atoms with Crippen LogP contribution in [0.5, 0.6) is 5.75 Å². The van der Waals surface area contributed by atoms with Crippen molar-refractivity contribution in [3.63, 3.8) is 0 Å². The first-order valence-electron chi connectivity index (χ1n) is 23.1. The predicted octanol–water partition coefficient (Wildman–Crippen LogP) is 15.5. The van der Waals surface area contributed by atoms with Crippen molar-refractivity contribution in [3.8, 4) is 5.75 Å². The van der Waals surface area contributed by atoms with Crippen LogP contribution in [0.1, 0.15) is 202 Å². The number of hydrogen-bond acceptors (Lipinski definition) is 1. The van der Waals surface area contributed by atoms with Crippen molar-refractivity contribution < 1.29 is 13.5 Å². The highest BCUT2D eigenvalue weighted by Crippen LogP contribution is 2.45. The summed E-state index contributed by atoms with van der Waals surface area (Å²) in [6.45, 7) is 13.2. The standard InChI is InChI=1S/C49H80F2O/c1-33-7-11-40(12-8-33)29-43-19-21-44(22-20-43)31-42-17-15-39(16-18-42)27-28-49(50,51)52-48-37(5)35(3)47(36(4)38(48)6)32-46-25-23-45(24-26-46)30-41-13-9-34(2)10-14-41/h33-34,39-46H,7-32H2,1-6H3. The van der Waals surface area contributed by atoms with Crippen LogP contribution in [-0.2, 0) is 6.42 Å². The Morgan fingerprint density at radius 2 is 0.750 bits per heavy atom. The monoisotopic (exact) mass is 723 g/mol. The van der Waals surface area contributed by atoms with E-state index in [2.05, 4.69) is 27.7 Å². The zero-order valence-corrected chi connectivity index (χ0v) is 34.8. The van der Waals surface area contributed by atoms with Crippen LogP contribution in [0.15, 0.2) is 0 Å². The van der Waals surface area contributed by atoms with Gasteiger partial charge in [0.15, 0.2) is 0 Å². The molecule has 0 unspecified atom stereocenters. The number of halogens is 2. The first kappa shape index (κ1) is 40.5. The Kier molecular flexibility index (Phi) is 14.6. The lowest BCUT2D eigenvalue weighted by Crippen LogP contribution is -2.28. The van der Waals surface area contributed by atoms with E-state index >= 15 is 8.78 Å². The molecule has 1 nitrogen and oxygen atoms in total. The molecule has 0 saturated heterocycles. The molecule has 1 aromatic carbocycles. The molecule has 0 spiro atoms. The minimum atomic E-state index is -3.12. The third-order valence-electron chi connectivity index (χ3n) is 16.5. The Labute approximate surface area is 320 Å². The van der Waals surface area contributed by atoms with Crippen LogP contribution in [0.3, 0.4) is 0 Å². The third kappa shape index (κ3) is 11.2. The van der Waals surface area contributed by atoms with E-state index in [0.29, 0.717) is 18.1 Å². The normalized spacial score (nSPS) is 35.0. The van der Waals surface area contributed by atoms with E-state index in [4.69, 9.17) is 4.74 Å².